The van der Waals surface area contributed by atoms with E-state index >= 15 is 0 Å². The lowest BCUT2D eigenvalue weighted by atomic mass is 10.1. The third kappa shape index (κ3) is 4.42. The molecule has 27 heavy (non-hydrogen) atoms. The quantitative estimate of drug-likeness (QED) is 0.384. The first-order chi connectivity index (χ1) is 13.4. The first-order valence-corrected chi connectivity index (χ1v) is 9.32. The fourth-order valence-electron chi connectivity index (χ4n) is 2.94. The highest BCUT2D eigenvalue weighted by atomic mass is 15.1. The van der Waals surface area contributed by atoms with E-state index in [1.807, 2.05) is 38.2 Å². The molecule has 0 aliphatic carbocycles. The summed E-state index contributed by atoms with van der Waals surface area (Å²) in [7, 11) is 0. The molecule has 2 heteroatoms. The molecule has 0 bridgehead atoms. The molecule has 4 aromatic rings. The van der Waals surface area contributed by atoms with Gasteiger partial charge in [0.25, 0.3) is 0 Å². The normalized spacial score (nSPS) is 9.85. The van der Waals surface area contributed by atoms with E-state index in [9.17, 15) is 0 Å². The second-order valence-electron chi connectivity index (χ2n) is 5.80. The Hall–Kier alpha value is -3.39. The fourth-order valence-corrected chi connectivity index (χ4v) is 2.94. The largest absolute Gasteiger partial charge is 0.311 e. The van der Waals surface area contributed by atoms with Crippen molar-refractivity contribution >= 4 is 17.1 Å². The van der Waals surface area contributed by atoms with Crippen LogP contribution in [0.1, 0.15) is 13.8 Å². The van der Waals surface area contributed by atoms with E-state index in [1.165, 1.54) is 0 Å². The second-order valence-corrected chi connectivity index (χ2v) is 5.80. The monoisotopic (exact) mass is 352 g/mol. The van der Waals surface area contributed by atoms with Crippen LogP contribution in [0.4, 0.5) is 17.1 Å². The molecule has 134 valence electrons. The first-order valence-electron chi connectivity index (χ1n) is 9.32. The Labute approximate surface area is 161 Å². The molecular formula is C25H24N2. The summed E-state index contributed by atoms with van der Waals surface area (Å²) in [5, 5.41) is 0. The molecule has 3 aromatic carbocycles. The minimum Gasteiger partial charge on any atom is -0.311 e. The van der Waals surface area contributed by atoms with Crippen LogP contribution in [0.3, 0.4) is 0 Å². The predicted molar refractivity (Wildman–Crippen MR) is 116 cm³/mol. The van der Waals surface area contributed by atoms with Gasteiger partial charge in [0.1, 0.15) is 0 Å². The topological polar surface area (TPSA) is 16.1 Å². The lowest BCUT2D eigenvalue weighted by molar-refractivity contribution is 1.28. The molecule has 4 rings (SSSR count). The zero-order valence-corrected chi connectivity index (χ0v) is 15.8. The maximum atomic E-state index is 4.20. The Morgan fingerprint density at radius 3 is 1.52 bits per heavy atom. The standard InChI is InChI=1S/C23H18N2.C2H6/c1-3-9-21(10-4-1)25(22-11-5-2-6-12-22)23-15-13-19(14-16-23)20-8-7-17-24-18-20;1-2/h1-18H;1-2H3. The van der Waals surface area contributed by atoms with E-state index in [1.54, 1.807) is 6.20 Å². The Kier molecular flexibility index (Phi) is 6.37. The van der Waals surface area contributed by atoms with Crippen molar-refractivity contribution in [2.75, 3.05) is 4.90 Å². The number of hydrogen-bond donors (Lipinski definition) is 0. The van der Waals surface area contributed by atoms with Crippen molar-refractivity contribution < 1.29 is 0 Å². The number of aromatic nitrogens is 1. The van der Waals surface area contributed by atoms with E-state index in [2.05, 4.69) is 88.7 Å². The van der Waals surface area contributed by atoms with Gasteiger partial charge in [0, 0.05) is 29.5 Å². The van der Waals surface area contributed by atoms with E-state index in [0.29, 0.717) is 0 Å². The molecule has 0 radical (unpaired) electrons. The lowest BCUT2D eigenvalue weighted by Crippen LogP contribution is -2.09. The third-order valence-corrected chi connectivity index (χ3v) is 4.15. The highest BCUT2D eigenvalue weighted by Crippen LogP contribution is 2.34. The molecule has 0 saturated carbocycles. The van der Waals surface area contributed by atoms with E-state index in [-0.39, 0.29) is 0 Å². The molecule has 1 heterocycles. The van der Waals surface area contributed by atoms with E-state index < -0.39 is 0 Å². The van der Waals surface area contributed by atoms with Gasteiger partial charge in [-0.05, 0) is 53.6 Å². The minimum atomic E-state index is 1.13. The van der Waals surface area contributed by atoms with Gasteiger partial charge < -0.3 is 4.90 Å². The van der Waals surface area contributed by atoms with Crippen molar-refractivity contribution in [3.63, 3.8) is 0 Å². The molecule has 1 aromatic heterocycles. The zero-order valence-electron chi connectivity index (χ0n) is 15.8. The van der Waals surface area contributed by atoms with Crippen molar-refractivity contribution in [2.24, 2.45) is 0 Å². The van der Waals surface area contributed by atoms with Crippen LogP contribution in [-0.4, -0.2) is 4.98 Å². The number of hydrogen-bond acceptors (Lipinski definition) is 2. The zero-order chi connectivity index (χ0) is 18.9. The average molecular weight is 352 g/mol. The summed E-state index contributed by atoms with van der Waals surface area (Å²) >= 11 is 0. The SMILES string of the molecule is CC.c1ccc(N(c2ccccc2)c2ccc(-c3cccnc3)cc2)cc1. The van der Waals surface area contributed by atoms with Crippen molar-refractivity contribution in [1.82, 2.24) is 4.98 Å². The van der Waals surface area contributed by atoms with Crippen molar-refractivity contribution in [2.45, 2.75) is 13.8 Å². The number of rotatable bonds is 4. The fraction of sp³-hybridized carbons (Fsp3) is 0.0800. The summed E-state index contributed by atoms with van der Waals surface area (Å²) in [6.07, 6.45) is 3.69. The summed E-state index contributed by atoms with van der Waals surface area (Å²) in [6, 6.07) is 33.5. The van der Waals surface area contributed by atoms with Gasteiger partial charge in [-0.3, -0.25) is 4.98 Å². The lowest BCUT2D eigenvalue weighted by Gasteiger charge is -2.25. The Balaban J connectivity index is 0.00000102. The van der Waals surface area contributed by atoms with Crippen LogP contribution in [0.2, 0.25) is 0 Å². The third-order valence-electron chi connectivity index (χ3n) is 4.15. The Morgan fingerprint density at radius 2 is 1.04 bits per heavy atom. The van der Waals surface area contributed by atoms with Gasteiger partial charge >= 0.3 is 0 Å². The van der Waals surface area contributed by atoms with E-state index in [0.717, 1.165) is 28.2 Å². The second kappa shape index (κ2) is 9.35. The summed E-state index contributed by atoms with van der Waals surface area (Å²) < 4.78 is 0. The molecular weight excluding hydrogens is 328 g/mol. The number of pyridine rings is 1. The van der Waals surface area contributed by atoms with Gasteiger partial charge in [0.2, 0.25) is 0 Å². The Morgan fingerprint density at radius 1 is 0.519 bits per heavy atom. The summed E-state index contributed by atoms with van der Waals surface area (Å²) in [4.78, 5) is 6.46. The molecule has 0 fully saturated rings. The maximum absolute atomic E-state index is 4.20. The smallest absolute Gasteiger partial charge is 0.0462 e. The molecule has 0 N–H and O–H groups in total. The van der Waals surface area contributed by atoms with Crippen molar-refractivity contribution in [1.29, 1.82) is 0 Å². The summed E-state index contributed by atoms with van der Waals surface area (Å²) in [5.74, 6) is 0. The number of para-hydroxylation sites is 2. The van der Waals surface area contributed by atoms with E-state index in [4.69, 9.17) is 0 Å². The maximum Gasteiger partial charge on any atom is 0.0462 e. The number of benzene rings is 3. The van der Waals surface area contributed by atoms with Crippen LogP contribution >= 0.6 is 0 Å². The van der Waals surface area contributed by atoms with Crippen molar-refractivity contribution in [3.05, 3.63) is 109 Å². The Bertz CT molecular complexity index is 879. The van der Waals surface area contributed by atoms with Gasteiger partial charge in [-0.25, -0.2) is 0 Å². The summed E-state index contributed by atoms with van der Waals surface area (Å²) in [5.41, 5.74) is 5.70. The predicted octanol–water partition coefficient (Wildman–Crippen LogP) is 7.24. The first kappa shape index (κ1) is 18.4. The van der Waals surface area contributed by atoms with Crippen LogP contribution in [-0.2, 0) is 0 Å². The van der Waals surface area contributed by atoms with Crippen LogP contribution in [0, 0.1) is 0 Å². The van der Waals surface area contributed by atoms with Gasteiger partial charge in [0.05, 0.1) is 0 Å². The van der Waals surface area contributed by atoms with Gasteiger partial charge in [-0.15, -0.1) is 0 Å². The molecule has 0 unspecified atom stereocenters. The van der Waals surface area contributed by atoms with Crippen LogP contribution in [0.5, 0.6) is 0 Å². The minimum absolute atomic E-state index is 1.13. The summed E-state index contributed by atoms with van der Waals surface area (Å²) in [6.45, 7) is 4.00. The highest BCUT2D eigenvalue weighted by Gasteiger charge is 2.11. The molecule has 0 amide bonds. The molecule has 0 saturated heterocycles. The van der Waals surface area contributed by atoms with Gasteiger partial charge in [-0.1, -0.05) is 68.4 Å². The van der Waals surface area contributed by atoms with Gasteiger partial charge in [-0.2, -0.15) is 0 Å². The van der Waals surface area contributed by atoms with Gasteiger partial charge in [0.15, 0.2) is 0 Å². The van der Waals surface area contributed by atoms with Crippen LogP contribution < -0.4 is 4.90 Å². The number of anilines is 3. The molecule has 0 atom stereocenters. The number of nitrogens with zero attached hydrogens (tertiary/aromatic N) is 2. The molecule has 0 aliphatic rings. The molecule has 2 nitrogen and oxygen atoms in total. The highest BCUT2D eigenvalue weighted by molar-refractivity contribution is 5.78. The van der Waals surface area contributed by atoms with Crippen molar-refractivity contribution in [3.8, 4) is 11.1 Å². The molecule has 0 aliphatic heterocycles. The van der Waals surface area contributed by atoms with Crippen LogP contribution in [0.15, 0.2) is 109 Å². The molecule has 0 spiro atoms. The van der Waals surface area contributed by atoms with Crippen LogP contribution in [0.25, 0.3) is 11.1 Å². The average Bonchev–Trinajstić information content (AvgIpc) is 2.78.